The van der Waals surface area contributed by atoms with Crippen LogP contribution in [0, 0.1) is 0 Å². The van der Waals surface area contributed by atoms with Crippen LogP contribution in [0.1, 0.15) is 69.7 Å². The molecule has 2 heterocycles. The minimum Gasteiger partial charge on any atom is -0.444 e. The molecule has 3 aromatic carbocycles. The molecule has 1 aliphatic rings. The zero-order chi connectivity index (χ0) is 60.0. The third-order valence-electron chi connectivity index (χ3n) is 12.0. The molecule has 0 spiro atoms. The van der Waals surface area contributed by atoms with E-state index < -0.39 is 27.3 Å². The van der Waals surface area contributed by atoms with Crippen LogP contribution in [0.4, 0.5) is 10.5 Å². The number of hydroxylamine groups is 2. The van der Waals surface area contributed by atoms with E-state index in [0.717, 1.165) is 16.7 Å². The van der Waals surface area contributed by atoms with Crippen molar-refractivity contribution < 1.29 is 74.9 Å². The first-order valence-electron chi connectivity index (χ1n) is 28.8. The molecule has 1 aromatic heterocycles. The van der Waals surface area contributed by atoms with E-state index in [9.17, 15) is 18.0 Å². The molecular weight excluding hydrogens is 1100 g/mol. The van der Waals surface area contributed by atoms with Crippen molar-refractivity contribution in [2.45, 2.75) is 63.6 Å². The number of sulfonamides is 1. The molecule has 0 unspecified atom stereocenters. The summed E-state index contributed by atoms with van der Waals surface area (Å²) in [5.41, 5.74) is 2.37. The summed E-state index contributed by atoms with van der Waals surface area (Å²) in [5, 5.41) is 7.23. The van der Waals surface area contributed by atoms with Gasteiger partial charge in [0.05, 0.1) is 144 Å². The summed E-state index contributed by atoms with van der Waals surface area (Å²) in [5.74, 6) is 0.0993. The Labute approximate surface area is 496 Å². The lowest BCUT2D eigenvalue weighted by Gasteiger charge is -2.33. The van der Waals surface area contributed by atoms with Crippen LogP contribution in [0.15, 0.2) is 119 Å². The Bertz CT molecular complexity index is 2530. The highest BCUT2D eigenvalue weighted by molar-refractivity contribution is 7.89. The highest BCUT2D eigenvalue weighted by Crippen LogP contribution is 2.42. The Kier molecular flexibility index (Phi) is 32.7. The summed E-state index contributed by atoms with van der Waals surface area (Å²) in [6.45, 7) is 18.1. The number of amidine groups is 1. The van der Waals surface area contributed by atoms with Crippen LogP contribution in [0.2, 0.25) is 0 Å². The molecule has 4 aromatic rings. The number of aliphatic imine (C=N–C) groups is 1. The number of carbonyl (C=O) groups excluding carboxylic acids is 2. The van der Waals surface area contributed by atoms with E-state index in [0.29, 0.717) is 168 Å². The van der Waals surface area contributed by atoms with E-state index in [-0.39, 0.29) is 37.1 Å². The van der Waals surface area contributed by atoms with Crippen molar-refractivity contribution in [3.63, 3.8) is 0 Å². The molecular formula is C61H88N6O16S. The number of aromatic nitrogens is 1. The molecule has 22 nitrogen and oxygen atoms in total. The molecule has 2 amide bonds. The Hall–Kier alpha value is -5.77. The van der Waals surface area contributed by atoms with Crippen molar-refractivity contribution >= 4 is 39.6 Å². The fourth-order valence-electron chi connectivity index (χ4n) is 8.26. The molecule has 84 heavy (non-hydrogen) atoms. The van der Waals surface area contributed by atoms with Crippen molar-refractivity contribution in [2.24, 2.45) is 4.99 Å². The summed E-state index contributed by atoms with van der Waals surface area (Å²) in [6, 6.07) is 31.3. The van der Waals surface area contributed by atoms with Crippen LogP contribution < -0.4 is 15.4 Å². The third-order valence-corrected chi connectivity index (χ3v) is 13.4. The number of pyridine rings is 1. The lowest BCUT2D eigenvalue weighted by Crippen LogP contribution is -2.34. The van der Waals surface area contributed by atoms with Gasteiger partial charge in [-0.15, -0.1) is 0 Å². The highest BCUT2D eigenvalue weighted by atomic mass is 32.2. The second-order valence-electron chi connectivity index (χ2n) is 19.7. The third kappa shape index (κ3) is 25.8. The Morgan fingerprint density at radius 1 is 0.595 bits per heavy atom. The van der Waals surface area contributed by atoms with Gasteiger partial charge in [0, 0.05) is 49.5 Å². The van der Waals surface area contributed by atoms with Crippen LogP contribution in [0.5, 0.6) is 0 Å². The van der Waals surface area contributed by atoms with Crippen molar-refractivity contribution in [3.8, 4) is 0 Å². The maximum absolute atomic E-state index is 14.3. The predicted molar refractivity (Wildman–Crippen MR) is 318 cm³/mol. The average Bonchev–Trinajstić information content (AvgIpc) is 3.21. The average molecular weight is 1190 g/mol. The zero-order valence-electron chi connectivity index (χ0n) is 49.6. The first kappa shape index (κ1) is 69.0. The van der Waals surface area contributed by atoms with Crippen LogP contribution in [0.25, 0.3) is 6.08 Å². The van der Waals surface area contributed by atoms with E-state index in [1.807, 2.05) is 126 Å². The van der Waals surface area contributed by atoms with Gasteiger partial charge in [0.25, 0.3) is 15.9 Å². The Balaban J connectivity index is 0.922. The summed E-state index contributed by atoms with van der Waals surface area (Å²) in [6.07, 6.45) is 3.44. The minimum atomic E-state index is -4.10. The van der Waals surface area contributed by atoms with Crippen molar-refractivity contribution in [2.75, 3.05) is 164 Å². The molecule has 1 aliphatic heterocycles. The Morgan fingerprint density at radius 3 is 1.39 bits per heavy atom. The number of nitrogens with zero attached hydrogens (tertiary/aromatic N) is 3. The number of ether oxygens (including phenoxy) is 11. The van der Waals surface area contributed by atoms with Gasteiger partial charge >= 0.3 is 6.09 Å². The highest BCUT2D eigenvalue weighted by Gasteiger charge is 2.38. The molecule has 0 bridgehead atoms. The summed E-state index contributed by atoms with van der Waals surface area (Å²) >= 11 is 0. The minimum absolute atomic E-state index is 0.00702. The topological polar surface area (TPSA) is 244 Å². The number of alkyl carbamates (subject to hydrolysis) is 1. The number of amides is 2. The van der Waals surface area contributed by atoms with E-state index >= 15 is 0 Å². The molecule has 0 aliphatic carbocycles. The quantitative estimate of drug-likeness (QED) is 0.0233. The van der Waals surface area contributed by atoms with E-state index in [1.54, 1.807) is 6.08 Å². The fraction of sp³-hybridized carbons (Fsp3) is 0.541. The van der Waals surface area contributed by atoms with E-state index in [2.05, 4.69) is 20.3 Å². The molecule has 464 valence electrons. The van der Waals surface area contributed by atoms with Gasteiger partial charge in [-0.25, -0.2) is 28.0 Å². The second kappa shape index (κ2) is 39.8. The van der Waals surface area contributed by atoms with Gasteiger partial charge in [0.2, 0.25) is 0 Å². The molecule has 23 heteroatoms. The van der Waals surface area contributed by atoms with Crippen LogP contribution in [-0.2, 0) is 77.3 Å². The number of carbonyl (C=O) groups is 2. The number of rotatable bonds is 44. The first-order chi connectivity index (χ1) is 40.9. The summed E-state index contributed by atoms with van der Waals surface area (Å²) in [7, 11) is -4.10. The molecule has 3 N–H and O–H groups in total. The van der Waals surface area contributed by atoms with Crippen LogP contribution in [-0.4, -0.2) is 200 Å². The number of hydrogen-bond donors (Lipinski definition) is 3. The maximum atomic E-state index is 14.3. The fourth-order valence-corrected chi connectivity index (χ4v) is 9.23. The molecule has 0 fully saturated rings. The number of nitrogens with one attached hydrogen (secondary N) is 3. The van der Waals surface area contributed by atoms with Crippen LogP contribution >= 0.6 is 0 Å². The molecule has 0 atom stereocenters. The molecule has 0 saturated carbocycles. The standard InChI is InChI=1S/C61H88N6O16S/c1-6-25-67(82-7-2)58(68)50-46-51-49-63-57(48-55(51)65-56(47-50)66-61(52-17-11-8-12-18-52,53-19-13-9-14-20-53)54-21-15-10-16-22-54)84(70,71)64-24-27-73-29-31-75-33-35-77-37-39-79-41-43-81-45-44-80-42-40-78-38-36-76-34-32-74-30-28-72-26-23-62-59(69)83-60(3,4)5/h8-22,46,48-49,64H,6-7,23-45,47H2,1-5H3,(H,62,69)(H,65,66). The normalized spacial score (nSPS) is 13.2. The van der Waals surface area contributed by atoms with E-state index in [1.165, 1.54) is 17.3 Å². The summed E-state index contributed by atoms with van der Waals surface area (Å²) in [4.78, 5) is 41.6. The van der Waals surface area contributed by atoms with Gasteiger partial charge in [-0.1, -0.05) is 97.9 Å². The number of anilines is 1. The summed E-state index contributed by atoms with van der Waals surface area (Å²) < 4.78 is 90.5. The Morgan fingerprint density at radius 2 is 1.00 bits per heavy atom. The van der Waals surface area contributed by atoms with Crippen molar-refractivity contribution in [1.29, 1.82) is 0 Å². The number of hydrogen-bond acceptors (Lipinski definition) is 18. The lowest BCUT2D eigenvalue weighted by molar-refractivity contribution is -0.180. The SMILES string of the molecule is CCCN(OCC)C(=O)C1=Cc2cnc(S(=O)(=O)NCCOCCOCCOCCOCCOCCOCCOCCOCCOCCOCCNC(=O)OC(C)(C)C)cc2NC(=NC(c2ccccc2)(c2ccccc2)c2ccccc2)C1. The molecule has 0 radical (unpaired) electrons. The predicted octanol–water partition coefficient (Wildman–Crippen LogP) is 6.83. The lowest BCUT2D eigenvalue weighted by atomic mass is 9.77. The zero-order valence-corrected chi connectivity index (χ0v) is 50.4. The largest absolute Gasteiger partial charge is 0.444 e. The molecule has 5 rings (SSSR count). The van der Waals surface area contributed by atoms with Gasteiger partial charge in [0.15, 0.2) is 5.03 Å². The second-order valence-corrected chi connectivity index (χ2v) is 21.4. The maximum Gasteiger partial charge on any atom is 0.407 e. The first-order valence-corrected chi connectivity index (χ1v) is 30.3. The van der Waals surface area contributed by atoms with Crippen LogP contribution in [0.3, 0.4) is 0 Å². The van der Waals surface area contributed by atoms with Crippen molar-refractivity contribution in [1.82, 2.24) is 20.1 Å². The van der Waals surface area contributed by atoms with Gasteiger partial charge in [-0.05, 0) is 56.9 Å². The smallest absolute Gasteiger partial charge is 0.407 e. The van der Waals surface area contributed by atoms with E-state index in [4.69, 9.17) is 61.9 Å². The van der Waals surface area contributed by atoms with Gasteiger partial charge < -0.3 is 62.7 Å². The van der Waals surface area contributed by atoms with Gasteiger partial charge in [-0.3, -0.25) is 14.6 Å². The van der Waals surface area contributed by atoms with Gasteiger partial charge in [-0.2, -0.15) is 0 Å². The number of fused-ring (bicyclic) bond motifs is 1. The van der Waals surface area contributed by atoms with Crippen molar-refractivity contribution in [3.05, 3.63) is 131 Å². The monoisotopic (exact) mass is 1190 g/mol. The molecule has 0 saturated heterocycles. The number of benzene rings is 3. The van der Waals surface area contributed by atoms with Gasteiger partial charge in [0.1, 0.15) is 17.0 Å².